The first-order valence-corrected chi connectivity index (χ1v) is 9.13. The van der Waals surface area contributed by atoms with Crippen LogP contribution in [0.4, 0.5) is 0 Å². The Hall–Kier alpha value is -0.820. The second-order valence-corrected chi connectivity index (χ2v) is 7.24. The molecule has 0 radical (unpaired) electrons. The first kappa shape index (κ1) is 15.1. The average Bonchev–Trinajstić information content (AvgIpc) is 2.82. The standard InChI is InChI=1S/C20H31N/c1-21-20(14-16-7-4-2-3-5-8-16)15-17-11-12-18-9-6-10-19(18)13-17/h11-13,16,20-21H,2-10,14-15H2,1H3. The van der Waals surface area contributed by atoms with Crippen LogP contribution in [0.15, 0.2) is 18.2 Å². The third-order valence-electron chi connectivity index (χ3n) is 5.65. The van der Waals surface area contributed by atoms with Gasteiger partial charge in [0, 0.05) is 6.04 Å². The highest BCUT2D eigenvalue weighted by atomic mass is 14.9. The van der Waals surface area contributed by atoms with E-state index in [-0.39, 0.29) is 0 Å². The average molecular weight is 285 g/mol. The molecule has 1 atom stereocenters. The van der Waals surface area contributed by atoms with Crippen molar-refractivity contribution in [1.29, 1.82) is 0 Å². The molecule has 1 heteroatoms. The molecule has 0 spiro atoms. The summed E-state index contributed by atoms with van der Waals surface area (Å²) >= 11 is 0. The lowest BCUT2D eigenvalue weighted by Crippen LogP contribution is -2.30. The zero-order chi connectivity index (χ0) is 14.5. The van der Waals surface area contributed by atoms with Gasteiger partial charge in [-0.3, -0.25) is 0 Å². The van der Waals surface area contributed by atoms with Crippen molar-refractivity contribution < 1.29 is 0 Å². The Kier molecular flexibility index (Phi) is 5.35. The van der Waals surface area contributed by atoms with Crippen molar-refractivity contribution in [2.24, 2.45) is 5.92 Å². The number of aryl methyl sites for hydroxylation is 2. The molecule has 0 amide bonds. The van der Waals surface area contributed by atoms with Crippen LogP contribution in [0, 0.1) is 5.92 Å². The van der Waals surface area contributed by atoms with E-state index in [0.29, 0.717) is 6.04 Å². The number of nitrogens with one attached hydrogen (secondary N) is 1. The van der Waals surface area contributed by atoms with Gasteiger partial charge in [0.25, 0.3) is 0 Å². The third kappa shape index (κ3) is 4.10. The van der Waals surface area contributed by atoms with Gasteiger partial charge in [0.15, 0.2) is 0 Å². The normalized spacial score (nSPS) is 21.0. The van der Waals surface area contributed by atoms with Crippen LogP contribution in [0.2, 0.25) is 0 Å². The Balaban J connectivity index is 1.58. The number of hydrogen-bond donors (Lipinski definition) is 1. The predicted molar refractivity (Wildman–Crippen MR) is 90.8 cm³/mol. The molecule has 0 saturated heterocycles. The van der Waals surface area contributed by atoms with Gasteiger partial charge in [-0.25, -0.2) is 0 Å². The van der Waals surface area contributed by atoms with Crippen LogP contribution in [-0.2, 0) is 19.3 Å². The third-order valence-corrected chi connectivity index (χ3v) is 5.65. The molecule has 116 valence electrons. The van der Waals surface area contributed by atoms with E-state index in [0.717, 1.165) is 5.92 Å². The maximum Gasteiger partial charge on any atom is 0.0107 e. The summed E-state index contributed by atoms with van der Waals surface area (Å²) in [4.78, 5) is 0. The van der Waals surface area contributed by atoms with Gasteiger partial charge in [0.1, 0.15) is 0 Å². The number of rotatable bonds is 5. The van der Waals surface area contributed by atoms with Crippen LogP contribution in [0.5, 0.6) is 0 Å². The summed E-state index contributed by atoms with van der Waals surface area (Å²) in [5.41, 5.74) is 4.77. The fourth-order valence-electron chi connectivity index (χ4n) is 4.34. The largest absolute Gasteiger partial charge is 0.317 e. The lowest BCUT2D eigenvalue weighted by molar-refractivity contribution is 0.361. The molecule has 1 aromatic carbocycles. The highest BCUT2D eigenvalue weighted by molar-refractivity contribution is 5.35. The van der Waals surface area contributed by atoms with Gasteiger partial charge >= 0.3 is 0 Å². The van der Waals surface area contributed by atoms with Crippen molar-refractivity contribution >= 4 is 0 Å². The molecule has 1 unspecified atom stereocenters. The summed E-state index contributed by atoms with van der Waals surface area (Å²) in [6.45, 7) is 0. The molecule has 1 nitrogen and oxygen atoms in total. The summed E-state index contributed by atoms with van der Waals surface area (Å²) in [6, 6.07) is 7.91. The fourth-order valence-corrected chi connectivity index (χ4v) is 4.34. The maximum absolute atomic E-state index is 3.59. The van der Waals surface area contributed by atoms with E-state index >= 15 is 0 Å². The molecule has 0 heterocycles. The molecular weight excluding hydrogens is 254 g/mol. The van der Waals surface area contributed by atoms with Crippen molar-refractivity contribution in [2.45, 2.75) is 76.7 Å². The molecule has 21 heavy (non-hydrogen) atoms. The minimum atomic E-state index is 0.660. The van der Waals surface area contributed by atoms with Gasteiger partial charge in [-0.15, -0.1) is 0 Å². The predicted octanol–water partition coefficient (Wildman–Crippen LogP) is 4.67. The minimum absolute atomic E-state index is 0.660. The molecule has 0 bridgehead atoms. The van der Waals surface area contributed by atoms with E-state index in [4.69, 9.17) is 0 Å². The van der Waals surface area contributed by atoms with Crippen LogP contribution in [-0.4, -0.2) is 13.1 Å². The minimum Gasteiger partial charge on any atom is -0.317 e. The van der Waals surface area contributed by atoms with Crippen LogP contribution in [0.3, 0.4) is 0 Å². The fraction of sp³-hybridized carbons (Fsp3) is 0.700. The second kappa shape index (κ2) is 7.45. The van der Waals surface area contributed by atoms with E-state index in [2.05, 4.69) is 30.6 Å². The lowest BCUT2D eigenvalue weighted by Gasteiger charge is -2.22. The van der Waals surface area contributed by atoms with Crippen molar-refractivity contribution in [1.82, 2.24) is 5.32 Å². The van der Waals surface area contributed by atoms with Gasteiger partial charge in [0.05, 0.1) is 0 Å². The SMILES string of the molecule is CNC(Cc1ccc2c(c1)CCC2)CC1CCCCCC1. The van der Waals surface area contributed by atoms with E-state index in [1.807, 2.05) is 0 Å². The Labute approximate surface area is 130 Å². The van der Waals surface area contributed by atoms with Gasteiger partial charge in [-0.2, -0.15) is 0 Å². The molecule has 2 aliphatic rings. The molecule has 1 aromatic rings. The van der Waals surface area contributed by atoms with Crippen molar-refractivity contribution in [3.8, 4) is 0 Å². The zero-order valence-electron chi connectivity index (χ0n) is 13.7. The number of benzene rings is 1. The van der Waals surface area contributed by atoms with E-state index in [1.54, 1.807) is 16.7 Å². The smallest absolute Gasteiger partial charge is 0.0107 e. The topological polar surface area (TPSA) is 12.0 Å². The molecule has 1 N–H and O–H groups in total. The number of likely N-dealkylation sites (N-methyl/N-ethyl adjacent to an activating group) is 1. The summed E-state index contributed by atoms with van der Waals surface area (Å²) in [5, 5.41) is 3.59. The van der Waals surface area contributed by atoms with Crippen molar-refractivity contribution in [2.75, 3.05) is 7.05 Å². The van der Waals surface area contributed by atoms with Crippen LogP contribution >= 0.6 is 0 Å². The van der Waals surface area contributed by atoms with Crippen LogP contribution in [0.25, 0.3) is 0 Å². The summed E-state index contributed by atoms with van der Waals surface area (Å²) < 4.78 is 0. The Morgan fingerprint density at radius 3 is 2.52 bits per heavy atom. The van der Waals surface area contributed by atoms with E-state index in [9.17, 15) is 0 Å². The molecule has 2 aliphatic carbocycles. The van der Waals surface area contributed by atoms with E-state index in [1.165, 1.54) is 70.6 Å². The van der Waals surface area contributed by atoms with Crippen molar-refractivity contribution in [3.63, 3.8) is 0 Å². The monoisotopic (exact) mass is 285 g/mol. The van der Waals surface area contributed by atoms with Crippen LogP contribution in [0.1, 0.15) is 68.1 Å². The Morgan fingerprint density at radius 2 is 1.76 bits per heavy atom. The summed E-state index contributed by atoms with van der Waals surface area (Å²) in [5.74, 6) is 0.958. The zero-order valence-corrected chi connectivity index (χ0v) is 13.7. The summed E-state index contributed by atoms with van der Waals surface area (Å²) in [6.07, 6.45) is 15.3. The molecular formula is C20H31N. The molecule has 3 rings (SSSR count). The van der Waals surface area contributed by atoms with Gasteiger partial charge in [-0.05, 0) is 61.8 Å². The summed E-state index contributed by atoms with van der Waals surface area (Å²) in [7, 11) is 2.15. The maximum atomic E-state index is 3.59. The van der Waals surface area contributed by atoms with Gasteiger partial charge < -0.3 is 5.32 Å². The van der Waals surface area contributed by atoms with Gasteiger partial charge in [-0.1, -0.05) is 56.7 Å². The highest BCUT2D eigenvalue weighted by Crippen LogP contribution is 2.28. The highest BCUT2D eigenvalue weighted by Gasteiger charge is 2.18. The van der Waals surface area contributed by atoms with E-state index < -0.39 is 0 Å². The number of fused-ring (bicyclic) bond motifs is 1. The molecule has 0 aliphatic heterocycles. The Morgan fingerprint density at radius 1 is 1.00 bits per heavy atom. The quantitative estimate of drug-likeness (QED) is 0.775. The lowest BCUT2D eigenvalue weighted by atomic mass is 9.89. The molecule has 1 fully saturated rings. The molecule has 1 saturated carbocycles. The second-order valence-electron chi connectivity index (χ2n) is 7.24. The van der Waals surface area contributed by atoms with Gasteiger partial charge in [0.2, 0.25) is 0 Å². The Bertz CT molecular complexity index is 443. The first-order chi connectivity index (χ1) is 10.3. The number of hydrogen-bond acceptors (Lipinski definition) is 1. The van der Waals surface area contributed by atoms with Crippen LogP contribution < -0.4 is 5.32 Å². The molecule has 0 aromatic heterocycles. The first-order valence-electron chi connectivity index (χ1n) is 9.13. The van der Waals surface area contributed by atoms with Crippen molar-refractivity contribution in [3.05, 3.63) is 34.9 Å².